The highest BCUT2D eigenvalue weighted by Gasteiger charge is 2.21. The Kier molecular flexibility index (Phi) is 4.82. The van der Waals surface area contributed by atoms with E-state index >= 15 is 0 Å². The minimum absolute atomic E-state index is 0.180. The van der Waals surface area contributed by atoms with Gasteiger partial charge < -0.3 is 14.6 Å². The van der Waals surface area contributed by atoms with Gasteiger partial charge >= 0.3 is 0 Å². The van der Waals surface area contributed by atoms with Crippen LogP contribution in [0.15, 0.2) is 47.5 Å². The van der Waals surface area contributed by atoms with Crippen molar-refractivity contribution in [3.63, 3.8) is 0 Å². The molecule has 0 aliphatic heterocycles. The molecular formula is C19H20N6O2S. The molecule has 0 fully saturated rings. The van der Waals surface area contributed by atoms with Gasteiger partial charge in [0, 0.05) is 31.2 Å². The van der Waals surface area contributed by atoms with Crippen LogP contribution in [0, 0.1) is 0 Å². The number of rotatable bonds is 6. The van der Waals surface area contributed by atoms with E-state index in [9.17, 15) is 4.79 Å². The second-order valence-electron chi connectivity index (χ2n) is 6.29. The van der Waals surface area contributed by atoms with Gasteiger partial charge in [-0.2, -0.15) is 4.52 Å². The van der Waals surface area contributed by atoms with E-state index in [1.807, 2.05) is 49.0 Å². The van der Waals surface area contributed by atoms with Gasteiger partial charge in [0.05, 0.1) is 7.11 Å². The van der Waals surface area contributed by atoms with E-state index < -0.39 is 0 Å². The van der Waals surface area contributed by atoms with Gasteiger partial charge in [0.25, 0.3) is 5.56 Å². The third-order valence-electron chi connectivity index (χ3n) is 4.47. The number of hydrogen-bond acceptors (Lipinski definition) is 7. The summed E-state index contributed by atoms with van der Waals surface area (Å²) in [5.41, 5.74) is 1.55. The highest BCUT2D eigenvalue weighted by Crippen LogP contribution is 2.29. The Morgan fingerprint density at radius 2 is 2.18 bits per heavy atom. The summed E-state index contributed by atoms with van der Waals surface area (Å²) in [6.45, 7) is 1.97. The first-order chi connectivity index (χ1) is 13.6. The average molecular weight is 396 g/mol. The van der Waals surface area contributed by atoms with Crippen LogP contribution in [-0.2, 0) is 13.5 Å². The van der Waals surface area contributed by atoms with Crippen LogP contribution in [0.5, 0.6) is 5.75 Å². The Morgan fingerprint density at radius 3 is 2.89 bits per heavy atom. The van der Waals surface area contributed by atoms with E-state index in [0.717, 1.165) is 22.8 Å². The van der Waals surface area contributed by atoms with Crippen molar-refractivity contribution < 1.29 is 4.74 Å². The van der Waals surface area contributed by atoms with Gasteiger partial charge in [-0.1, -0.05) is 30.4 Å². The monoisotopic (exact) mass is 396 g/mol. The normalized spacial score (nSPS) is 12.2. The molecule has 0 bridgehead atoms. The van der Waals surface area contributed by atoms with Gasteiger partial charge in [-0.25, -0.2) is 9.97 Å². The standard InChI is InChI=1S/C19H20N6O2S/c1-4-13-11-15(26)25-19(21-13)28-18(23-25)22-16(17-20-8-9-24(17)2)12-6-5-7-14(10-12)27-3/h5-11,16H,4H2,1-3H3,(H,22,23). The van der Waals surface area contributed by atoms with Crippen molar-refractivity contribution in [3.05, 3.63) is 70.2 Å². The fraction of sp³-hybridized carbons (Fsp3) is 0.263. The lowest BCUT2D eigenvalue weighted by atomic mass is 10.1. The highest BCUT2D eigenvalue weighted by molar-refractivity contribution is 7.20. The van der Waals surface area contributed by atoms with Crippen molar-refractivity contribution >= 4 is 21.4 Å². The molecule has 3 aromatic heterocycles. The molecule has 1 unspecified atom stereocenters. The van der Waals surface area contributed by atoms with E-state index in [2.05, 4.69) is 20.4 Å². The zero-order chi connectivity index (χ0) is 19.7. The quantitative estimate of drug-likeness (QED) is 0.539. The summed E-state index contributed by atoms with van der Waals surface area (Å²) in [7, 11) is 3.58. The van der Waals surface area contributed by atoms with E-state index in [1.54, 1.807) is 13.3 Å². The molecule has 4 aromatic rings. The lowest BCUT2D eigenvalue weighted by molar-refractivity contribution is 0.414. The zero-order valence-corrected chi connectivity index (χ0v) is 16.6. The number of benzene rings is 1. The molecular weight excluding hydrogens is 376 g/mol. The maximum Gasteiger partial charge on any atom is 0.275 e. The van der Waals surface area contributed by atoms with E-state index in [0.29, 0.717) is 16.5 Å². The molecule has 1 atom stereocenters. The number of nitrogens with zero attached hydrogens (tertiary/aromatic N) is 5. The molecule has 0 saturated heterocycles. The van der Waals surface area contributed by atoms with Gasteiger partial charge in [-0.15, -0.1) is 5.10 Å². The van der Waals surface area contributed by atoms with Gasteiger partial charge in [-0.3, -0.25) is 4.79 Å². The van der Waals surface area contributed by atoms with Crippen LogP contribution in [0.2, 0.25) is 0 Å². The van der Waals surface area contributed by atoms with E-state index in [1.165, 1.54) is 21.9 Å². The third kappa shape index (κ3) is 3.36. The number of aromatic nitrogens is 5. The summed E-state index contributed by atoms with van der Waals surface area (Å²) in [6, 6.07) is 9.04. The molecule has 0 aliphatic rings. The number of hydrogen-bond donors (Lipinski definition) is 1. The van der Waals surface area contributed by atoms with Crippen molar-refractivity contribution in [2.45, 2.75) is 19.4 Å². The van der Waals surface area contributed by atoms with Crippen LogP contribution >= 0.6 is 11.3 Å². The molecule has 0 saturated carbocycles. The molecule has 0 amide bonds. The predicted molar refractivity (Wildman–Crippen MR) is 108 cm³/mol. The minimum Gasteiger partial charge on any atom is -0.497 e. The van der Waals surface area contributed by atoms with Crippen molar-refractivity contribution in [2.24, 2.45) is 7.05 Å². The maximum atomic E-state index is 12.3. The minimum atomic E-state index is -0.267. The molecule has 1 N–H and O–H groups in total. The molecule has 3 heterocycles. The first-order valence-electron chi connectivity index (χ1n) is 8.86. The molecule has 4 rings (SSSR count). The molecule has 1 aromatic carbocycles. The molecule has 28 heavy (non-hydrogen) atoms. The van der Waals surface area contributed by atoms with Crippen LogP contribution in [-0.4, -0.2) is 31.3 Å². The van der Waals surface area contributed by atoms with Gasteiger partial charge in [0.2, 0.25) is 10.1 Å². The fourth-order valence-corrected chi connectivity index (χ4v) is 3.84. The topological polar surface area (TPSA) is 86.3 Å². The highest BCUT2D eigenvalue weighted by atomic mass is 32.1. The summed E-state index contributed by atoms with van der Waals surface area (Å²) in [4.78, 5) is 21.9. The Balaban J connectivity index is 1.78. The van der Waals surface area contributed by atoms with Crippen molar-refractivity contribution in [2.75, 3.05) is 12.4 Å². The lowest BCUT2D eigenvalue weighted by Crippen LogP contribution is -2.18. The van der Waals surface area contributed by atoms with Crippen LogP contribution in [0.4, 0.5) is 5.13 Å². The molecule has 9 heteroatoms. The summed E-state index contributed by atoms with van der Waals surface area (Å²) in [5.74, 6) is 1.58. The van der Waals surface area contributed by atoms with Gasteiger partial charge in [-0.05, 0) is 24.1 Å². The first kappa shape index (κ1) is 18.2. The number of fused-ring (bicyclic) bond motifs is 1. The first-order valence-corrected chi connectivity index (χ1v) is 9.68. The number of ether oxygens (including phenoxy) is 1. The Hall–Kier alpha value is -3.20. The molecule has 0 radical (unpaired) electrons. The Bertz CT molecular complexity index is 1180. The average Bonchev–Trinajstić information content (AvgIpc) is 3.32. The number of methoxy groups -OCH3 is 1. The lowest BCUT2D eigenvalue weighted by Gasteiger charge is -2.19. The molecule has 0 spiro atoms. The SMILES string of the molecule is CCc1cc(=O)n2nc(NC(c3cccc(OC)c3)c3nccn3C)sc2n1. The largest absolute Gasteiger partial charge is 0.497 e. The smallest absolute Gasteiger partial charge is 0.275 e. The summed E-state index contributed by atoms with van der Waals surface area (Å²) >= 11 is 1.34. The number of imidazole rings is 1. The maximum absolute atomic E-state index is 12.3. The van der Waals surface area contributed by atoms with Crippen LogP contribution in [0.3, 0.4) is 0 Å². The van der Waals surface area contributed by atoms with Crippen LogP contribution in [0.1, 0.15) is 30.0 Å². The number of anilines is 1. The van der Waals surface area contributed by atoms with Crippen molar-refractivity contribution in [1.29, 1.82) is 0 Å². The molecule has 8 nitrogen and oxygen atoms in total. The van der Waals surface area contributed by atoms with Gasteiger partial charge in [0.1, 0.15) is 17.6 Å². The third-order valence-corrected chi connectivity index (χ3v) is 5.31. The summed E-state index contributed by atoms with van der Waals surface area (Å²) in [5, 5.41) is 8.42. The fourth-order valence-electron chi connectivity index (χ4n) is 2.99. The number of nitrogens with one attached hydrogen (secondary N) is 1. The predicted octanol–water partition coefficient (Wildman–Crippen LogP) is 2.66. The zero-order valence-electron chi connectivity index (χ0n) is 15.8. The van der Waals surface area contributed by atoms with Crippen LogP contribution < -0.4 is 15.6 Å². The summed E-state index contributed by atoms with van der Waals surface area (Å²) < 4.78 is 8.64. The van der Waals surface area contributed by atoms with Crippen molar-refractivity contribution in [3.8, 4) is 5.75 Å². The Labute approximate surface area is 165 Å². The van der Waals surface area contributed by atoms with E-state index in [4.69, 9.17) is 4.74 Å². The molecule has 144 valence electrons. The summed E-state index contributed by atoms with van der Waals surface area (Å²) in [6.07, 6.45) is 4.34. The van der Waals surface area contributed by atoms with E-state index in [-0.39, 0.29) is 11.6 Å². The van der Waals surface area contributed by atoms with Crippen LogP contribution in [0.25, 0.3) is 4.96 Å². The van der Waals surface area contributed by atoms with Gasteiger partial charge in [0.15, 0.2) is 0 Å². The second-order valence-corrected chi connectivity index (χ2v) is 7.25. The Morgan fingerprint density at radius 1 is 1.32 bits per heavy atom. The number of aryl methyl sites for hydroxylation is 2. The second kappa shape index (κ2) is 7.43. The van der Waals surface area contributed by atoms with Crippen molar-refractivity contribution in [1.82, 2.24) is 24.1 Å². The molecule has 0 aliphatic carbocycles.